The number of carbonyl (C=O) groups excluding carboxylic acids is 1. The number of cyclic esters (lactones) is 1. The summed E-state index contributed by atoms with van der Waals surface area (Å²) in [4.78, 5) is 14.3. The second-order valence-corrected chi connectivity index (χ2v) is 9.26. The van der Waals surface area contributed by atoms with Gasteiger partial charge in [-0.2, -0.15) is 13.2 Å². The first-order valence-corrected chi connectivity index (χ1v) is 11.7. The van der Waals surface area contributed by atoms with Gasteiger partial charge in [-0.25, -0.2) is 9.18 Å². The molecule has 4 rings (SSSR count). The van der Waals surface area contributed by atoms with E-state index in [2.05, 4.69) is 0 Å². The zero-order valence-electron chi connectivity index (χ0n) is 20.2. The van der Waals surface area contributed by atoms with Crippen molar-refractivity contribution in [3.05, 3.63) is 89.2 Å². The Morgan fingerprint density at radius 3 is 2.28 bits per heavy atom. The van der Waals surface area contributed by atoms with E-state index in [0.717, 1.165) is 6.07 Å². The third-order valence-electron chi connectivity index (χ3n) is 6.13. The molecule has 0 spiro atoms. The van der Waals surface area contributed by atoms with Gasteiger partial charge in [-0.15, -0.1) is 0 Å². The maximum absolute atomic E-state index is 14.1. The molecule has 0 saturated carbocycles. The number of alkyl halides is 3. The summed E-state index contributed by atoms with van der Waals surface area (Å²) in [5.41, 5.74) is 1.19. The molecule has 3 aromatic carbocycles. The first-order chi connectivity index (χ1) is 17.1. The van der Waals surface area contributed by atoms with Crippen molar-refractivity contribution >= 4 is 6.09 Å². The normalized spacial score (nSPS) is 18.0. The molecule has 1 aliphatic heterocycles. The summed E-state index contributed by atoms with van der Waals surface area (Å²) in [7, 11) is 0. The van der Waals surface area contributed by atoms with Crippen LogP contribution >= 0.6 is 0 Å². The van der Waals surface area contributed by atoms with Crippen LogP contribution in [0.25, 0.3) is 11.1 Å². The number of amides is 1. The van der Waals surface area contributed by atoms with Gasteiger partial charge in [0.2, 0.25) is 0 Å². The fourth-order valence-electron chi connectivity index (χ4n) is 4.29. The lowest BCUT2D eigenvalue weighted by Gasteiger charge is -2.26. The van der Waals surface area contributed by atoms with Gasteiger partial charge in [0.15, 0.2) is 0 Å². The van der Waals surface area contributed by atoms with E-state index in [4.69, 9.17) is 9.47 Å². The summed E-state index contributed by atoms with van der Waals surface area (Å²) >= 11 is 0. The van der Waals surface area contributed by atoms with Crippen LogP contribution in [-0.2, 0) is 17.5 Å². The van der Waals surface area contributed by atoms with E-state index in [0.29, 0.717) is 16.7 Å². The van der Waals surface area contributed by atoms with Gasteiger partial charge in [0, 0.05) is 5.56 Å². The van der Waals surface area contributed by atoms with E-state index in [1.165, 1.54) is 35.2 Å². The number of hydrogen-bond acceptors (Lipinski definition) is 3. The van der Waals surface area contributed by atoms with Crippen molar-refractivity contribution < 1.29 is 31.8 Å². The van der Waals surface area contributed by atoms with Crippen LogP contribution in [0.15, 0.2) is 66.7 Å². The molecule has 2 atom stereocenters. The molecule has 1 heterocycles. The van der Waals surface area contributed by atoms with E-state index in [-0.39, 0.29) is 30.4 Å². The lowest BCUT2D eigenvalue weighted by atomic mass is 9.94. The Balaban J connectivity index is 1.80. The van der Waals surface area contributed by atoms with Crippen LogP contribution in [0.4, 0.5) is 22.4 Å². The Hall–Kier alpha value is -3.55. The van der Waals surface area contributed by atoms with Crippen molar-refractivity contribution in [1.82, 2.24) is 4.90 Å². The SMILES string of the molecule is CC(C)COc1c(C(F)(F)F)ccc(-c2ccccc2)c1CN1C(=O)OC(c2ccc(F)cc2)C1C. The Labute approximate surface area is 207 Å². The van der Waals surface area contributed by atoms with E-state index < -0.39 is 35.8 Å². The molecule has 4 nitrogen and oxygen atoms in total. The summed E-state index contributed by atoms with van der Waals surface area (Å²) in [5.74, 6) is -0.725. The maximum atomic E-state index is 14.1. The van der Waals surface area contributed by atoms with Crippen molar-refractivity contribution in [3.63, 3.8) is 0 Å². The van der Waals surface area contributed by atoms with Gasteiger partial charge in [-0.05, 0) is 47.7 Å². The zero-order valence-corrected chi connectivity index (χ0v) is 20.2. The van der Waals surface area contributed by atoms with Gasteiger partial charge in [-0.1, -0.05) is 62.4 Å². The van der Waals surface area contributed by atoms with Gasteiger partial charge in [-0.3, -0.25) is 4.90 Å². The summed E-state index contributed by atoms with van der Waals surface area (Å²) in [6, 6.07) is 16.5. The van der Waals surface area contributed by atoms with Crippen molar-refractivity contribution in [1.29, 1.82) is 0 Å². The Kier molecular flexibility index (Phi) is 7.24. The van der Waals surface area contributed by atoms with Crippen molar-refractivity contribution in [3.8, 4) is 16.9 Å². The van der Waals surface area contributed by atoms with Gasteiger partial charge < -0.3 is 9.47 Å². The van der Waals surface area contributed by atoms with Crippen LogP contribution < -0.4 is 4.74 Å². The monoisotopic (exact) mass is 501 g/mol. The van der Waals surface area contributed by atoms with Gasteiger partial charge >= 0.3 is 12.3 Å². The highest BCUT2D eigenvalue weighted by atomic mass is 19.4. The molecule has 8 heteroatoms. The van der Waals surface area contributed by atoms with Crippen molar-refractivity contribution in [2.45, 2.75) is 45.6 Å². The van der Waals surface area contributed by atoms with Crippen LogP contribution in [-0.4, -0.2) is 23.6 Å². The minimum atomic E-state index is -4.65. The average molecular weight is 502 g/mol. The third kappa shape index (κ3) is 5.32. The minimum Gasteiger partial charge on any atom is -0.492 e. The minimum absolute atomic E-state index is 0.0159. The maximum Gasteiger partial charge on any atom is 0.419 e. The average Bonchev–Trinajstić information content (AvgIpc) is 3.11. The van der Waals surface area contributed by atoms with Crippen molar-refractivity contribution in [2.24, 2.45) is 5.92 Å². The van der Waals surface area contributed by atoms with Crippen LogP contribution in [0.2, 0.25) is 0 Å². The van der Waals surface area contributed by atoms with Crippen LogP contribution in [0.1, 0.15) is 43.6 Å². The molecule has 3 aromatic rings. The number of benzene rings is 3. The first kappa shape index (κ1) is 25.5. The Bertz CT molecular complexity index is 1210. The molecule has 1 saturated heterocycles. The lowest BCUT2D eigenvalue weighted by Crippen LogP contribution is -2.32. The van der Waals surface area contributed by atoms with E-state index >= 15 is 0 Å². The third-order valence-corrected chi connectivity index (χ3v) is 6.13. The first-order valence-electron chi connectivity index (χ1n) is 11.7. The topological polar surface area (TPSA) is 38.8 Å². The summed E-state index contributed by atoms with van der Waals surface area (Å²) in [6.45, 7) is 5.37. The van der Waals surface area contributed by atoms with Gasteiger partial charge in [0.1, 0.15) is 17.7 Å². The number of carbonyl (C=O) groups is 1. The molecule has 1 amide bonds. The largest absolute Gasteiger partial charge is 0.492 e. The second-order valence-electron chi connectivity index (χ2n) is 9.26. The van der Waals surface area contributed by atoms with E-state index in [1.54, 1.807) is 31.2 Å². The molecule has 2 unspecified atom stereocenters. The number of hydrogen-bond donors (Lipinski definition) is 0. The molecule has 0 N–H and O–H groups in total. The molecule has 190 valence electrons. The summed E-state index contributed by atoms with van der Waals surface area (Å²) in [5, 5.41) is 0. The quantitative estimate of drug-likeness (QED) is 0.313. The molecule has 1 aliphatic rings. The number of ether oxygens (including phenoxy) is 2. The van der Waals surface area contributed by atoms with Crippen LogP contribution in [0, 0.1) is 11.7 Å². The molecule has 36 heavy (non-hydrogen) atoms. The highest BCUT2D eigenvalue weighted by Crippen LogP contribution is 2.44. The highest BCUT2D eigenvalue weighted by molar-refractivity contribution is 5.75. The van der Waals surface area contributed by atoms with Gasteiger partial charge in [0.05, 0.1) is 24.8 Å². The second kappa shape index (κ2) is 10.2. The molecular weight excluding hydrogens is 474 g/mol. The summed E-state index contributed by atoms with van der Waals surface area (Å²) < 4.78 is 66.9. The van der Waals surface area contributed by atoms with Crippen LogP contribution in [0.3, 0.4) is 0 Å². The number of nitrogens with zero attached hydrogens (tertiary/aromatic N) is 1. The Morgan fingerprint density at radius 2 is 1.67 bits per heavy atom. The fraction of sp³-hybridized carbons (Fsp3) is 0.321. The standard InChI is InChI=1S/C28H27F4NO3/c1-17(2)16-35-26-23(22(19-7-5-4-6-8-19)13-14-24(26)28(30,31)32)15-33-18(3)25(36-27(33)34)20-9-11-21(29)12-10-20/h4-14,17-18,25H,15-16H2,1-3H3. The molecule has 0 aliphatic carbocycles. The number of rotatable bonds is 7. The highest BCUT2D eigenvalue weighted by Gasteiger charge is 2.42. The molecule has 0 aromatic heterocycles. The van der Waals surface area contributed by atoms with E-state index in [9.17, 15) is 22.4 Å². The molecule has 0 bridgehead atoms. The lowest BCUT2D eigenvalue weighted by molar-refractivity contribution is -0.139. The zero-order chi connectivity index (χ0) is 26.0. The van der Waals surface area contributed by atoms with Crippen molar-refractivity contribution in [2.75, 3.05) is 6.61 Å². The predicted molar refractivity (Wildman–Crippen MR) is 128 cm³/mol. The Morgan fingerprint density at radius 1 is 1.00 bits per heavy atom. The molecule has 0 radical (unpaired) electrons. The smallest absolute Gasteiger partial charge is 0.419 e. The van der Waals surface area contributed by atoms with Gasteiger partial charge in [0.25, 0.3) is 0 Å². The molecular formula is C28H27F4NO3. The number of halogens is 4. The predicted octanol–water partition coefficient (Wildman–Crippen LogP) is 7.63. The summed E-state index contributed by atoms with van der Waals surface area (Å²) in [6.07, 6.45) is -6.00. The van der Waals surface area contributed by atoms with Crippen LogP contribution in [0.5, 0.6) is 5.75 Å². The molecule has 1 fully saturated rings. The van der Waals surface area contributed by atoms with E-state index in [1.807, 2.05) is 19.9 Å². The fourth-order valence-corrected chi connectivity index (χ4v) is 4.29.